The number of methoxy groups -OCH3 is 1. The molecule has 19 heavy (non-hydrogen) atoms. The average Bonchev–Trinajstić information content (AvgIpc) is 2.46. The number of alkyl halides is 1. The number of benzene rings is 2. The molecule has 0 fully saturated rings. The van der Waals surface area contributed by atoms with E-state index in [9.17, 15) is 4.79 Å². The number of halogens is 1. The standard InChI is InChI=1S/C16H15BrO2/c1-11-3-5-12(6-4-11)15(17)16(18)13-7-9-14(19-2)10-8-13/h3-10,15H,1-2H3/t15-/m0/s1. The molecule has 1 atom stereocenters. The Hall–Kier alpha value is -1.61. The molecule has 0 saturated heterocycles. The van der Waals surface area contributed by atoms with Crippen molar-refractivity contribution in [2.45, 2.75) is 11.8 Å². The molecule has 0 spiro atoms. The Kier molecular flexibility index (Phi) is 4.38. The van der Waals surface area contributed by atoms with Gasteiger partial charge in [-0.05, 0) is 36.8 Å². The molecule has 0 radical (unpaired) electrons. The van der Waals surface area contributed by atoms with E-state index >= 15 is 0 Å². The third-order valence-corrected chi connectivity index (χ3v) is 3.92. The van der Waals surface area contributed by atoms with E-state index in [1.807, 2.05) is 31.2 Å². The monoisotopic (exact) mass is 318 g/mol. The Morgan fingerprint density at radius 1 is 1.05 bits per heavy atom. The normalized spacial score (nSPS) is 11.9. The smallest absolute Gasteiger partial charge is 0.180 e. The number of aryl methyl sites for hydroxylation is 1. The fourth-order valence-electron chi connectivity index (χ4n) is 1.79. The van der Waals surface area contributed by atoms with E-state index in [0.29, 0.717) is 5.56 Å². The summed E-state index contributed by atoms with van der Waals surface area (Å²) in [6.07, 6.45) is 0. The summed E-state index contributed by atoms with van der Waals surface area (Å²) in [7, 11) is 1.61. The number of carbonyl (C=O) groups is 1. The van der Waals surface area contributed by atoms with Gasteiger partial charge in [-0.15, -0.1) is 0 Å². The summed E-state index contributed by atoms with van der Waals surface area (Å²) >= 11 is 3.47. The minimum Gasteiger partial charge on any atom is -0.497 e. The summed E-state index contributed by atoms with van der Waals surface area (Å²) in [5, 5.41) is 0. The lowest BCUT2D eigenvalue weighted by Crippen LogP contribution is -2.07. The summed E-state index contributed by atoms with van der Waals surface area (Å²) < 4.78 is 5.08. The van der Waals surface area contributed by atoms with Crippen LogP contribution in [0.2, 0.25) is 0 Å². The van der Waals surface area contributed by atoms with E-state index in [4.69, 9.17) is 4.74 Å². The van der Waals surface area contributed by atoms with Gasteiger partial charge in [-0.3, -0.25) is 4.79 Å². The molecule has 3 heteroatoms. The molecular formula is C16H15BrO2. The number of Topliss-reactive ketones (excluding diaryl/α,β-unsaturated/α-hetero) is 1. The molecule has 0 N–H and O–H groups in total. The van der Waals surface area contributed by atoms with Gasteiger partial charge < -0.3 is 4.74 Å². The quantitative estimate of drug-likeness (QED) is 0.619. The number of hydrogen-bond donors (Lipinski definition) is 0. The summed E-state index contributed by atoms with van der Waals surface area (Å²) in [4.78, 5) is 12.0. The van der Waals surface area contributed by atoms with E-state index in [0.717, 1.165) is 11.3 Å². The first kappa shape index (κ1) is 13.8. The summed E-state index contributed by atoms with van der Waals surface area (Å²) in [6.45, 7) is 2.03. The Morgan fingerprint density at radius 3 is 2.16 bits per heavy atom. The maximum atomic E-state index is 12.3. The maximum Gasteiger partial charge on any atom is 0.180 e. The SMILES string of the molecule is COc1ccc(C(=O)[C@@H](Br)c2ccc(C)cc2)cc1. The molecule has 2 nitrogen and oxygen atoms in total. The number of carbonyl (C=O) groups excluding carboxylic acids is 1. The van der Waals surface area contributed by atoms with Crippen molar-refractivity contribution < 1.29 is 9.53 Å². The second-order valence-corrected chi connectivity index (χ2v) is 5.28. The van der Waals surface area contributed by atoms with Gasteiger partial charge in [-0.1, -0.05) is 45.8 Å². The van der Waals surface area contributed by atoms with Crippen LogP contribution in [0.5, 0.6) is 5.75 Å². The molecule has 0 aromatic heterocycles. The maximum absolute atomic E-state index is 12.3. The van der Waals surface area contributed by atoms with Crippen molar-refractivity contribution in [3.05, 3.63) is 65.2 Å². The molecule has 2 rings (SSSR count). The van der Waals surface area contributed by atoms with E-state index in [-0.39, 0.29) is 10.6 Å². The van der Waals surface area contributed by atoms with Crippen LogP contribution in [0.15, 0.2) is 48.5 Å². The summed E-state index contributed by atoms with van der Waals surface area (Å²) in [5.41, 5.74) is 2.81. The lowest BCUT2D eigenvalue weighted by atomic mass is 10.0. The van der Waals surface area contributed by atoms with Crippen LogP contribution < -0.4 is 4.74 Å². The molecule has 2 aromatic rings. The molecule has 98 valence electrons. The van der Waals surface area contributed by atoms with Crippen LogP contribution in [0.1, 0.15) is 26.3 Å². The zero-order valence-corrected chi connectivity index (χ0v) is 12.5. The van der Waals surface area contributed by atoms with Crippen LogP contribution in [0, 0.1) is 6.92 Å². The predicted molar refractivity (Wildman–Crippen MR) is 80.2 cm³/mol. The average molecular weight is 319 g/mol. The van der Waals surface area contributed by atoms with Gasteiger partial charge in [0.25, 0.3) is 0 Å². The van der Waals surface area contributed by atoms with E-state index in [1.54, 1.807) is 31.4 Å². The van der Waals surface area contributed by atoms with Gasteiger partial charge in [0.1, 0.15) is 10.6 Å². The van der Waals surface area contributed by atoms with Crippen molar-refractivity contribution in [1.29, 1.82) is 0 Å². The van der Waals surface area contributed by atoms with Crippen molar-refractivity contribution >= 4 is 21.7 Å². The van der Waals surface area contributed by atoms with Crippen LogP contribution >= 0.6 is 15.9 Å². The Morgan fingerprint density at radius 2 is 1.63 bits per heavy atom. The van der Waals surface area contributed by atoms with Crippen molar-refractivity contribution in [1.82, 2.24) is 0 Å². The Bertz CT molecular complexity index is 558. The van der Waals surface area contributed by atoms with Crippen molar-refractivity contribution in [3.8, 4) is 5.75 Å². The van der Waals surface area contributed by atoms with Crippen LogP contribution in [0.4, 0.5) is 0 Å². The largest absolute Gasteiger partial charge is 0.497 e. The second kappa shape index (κ2) is 6.02. The fourth-order valence-corrected chi connectivity index (χ4v) is 2.36. The molecule has 0 aliphatic rings. The number of ketones is 1. The van der Waals surface area contributed by atoms with Crippen LogP contribution in [0.3, 0.4) is 0 Å². The van der Waals surface area contributed by atoms with E-state index in [2.05, 4.69) is 15.9 Å². The fraction of sp³-hybridized carbons (Fsp3) is 0.188. The van der Waals surface area contributed by atoms with Crippen molar-refractivity contribution in [2.24, 2.45) is 0 Å². The van der Waals surface area contributed by atoms with Gasteiger partial charge >= 0.3 is 0 Å². The Balaban J connectivity index is 2.20. The summed E-state index contributed by atoms with van der Waals surface area (Å²) in [6, 6.07) is 15.1. The van der Waals surface area contributed by atoms with Gasteiger partial charge in [0.2, 0.25) is 0 Å². The van der Waals surface area contributed by atoms with Crippen molar-refractivity contribution in [2.75, 3.05) is 7.11 Å². The van der Waals surface area contributed by atoms with Gasteiger partial charge in [-0.25, -0.2) is 0 Å². The van der Waals surface area contributed by atoms with Gasteiger partial charge in [0.15, 0.2) is 5.78 Å². The number of hydrogen-bond acceptors (Lipinski definition) is 2. The third kappa shape index (κ3) is 3.24. The highest BCUT2D eigenvalue weighted by atomic mass is 79.9. The molecule has 0 aliphatic carbocycles. The Labute approximate surface area is 121 Å². The number of ether oxygens (including phenoxy) is 1. The highest BCUT2D eigenvalue weighted by molar-refractivity contribution is 9.09. The molecule has 0 unspecified atom stereocenters. The lowest BCUT2D eigenvalue weighted by Gasteiger charge is -2.10. The first-order valence-corrected chi connectivity index (χ1v) is 6.92. The van der Waals surface area contributed by atoms with Crippen LogP contribution in [-0.4, -0.2) is 12.9 Å². The second-order valence-electron chi connectivity index (χ2n) is 4.37. The van der Waals surface area contributed by atoms with E-state index in [1.165, 1.54) is 5.56 Å². The molecular weight excluding hydrogens is 304 g/mol. The first-order chi connectivity index (χ1) is 9.11. The highest BCUT2D eigenvalue weighted by Gasteiger charge is 2.18. The molecule has 0 aliphatic heterocycles. The zero-order chi connectivity index (χ0) is 13.8. The zero-order valence-electron chi connectivity index (χ0n) is 10.9. The molecule has 0 bridgehead atoms. The third-order valence-electron chi connectivity index (χ3n) is 2.97. The van der Waals surface area contributed by atoms with Gasteiger partial charge in [0.05, 0.1) is 7.11 Å². The molecule has 2 aromatic carbocycles. The predicted octanol–water partition coefficient (Wildman–Crippen LogP) is 4.32. The molecule has 0 amide bonds. The van der Waals surface area contributed by atoms with Gasteiger partial charge in [0, 0.05) is 5.56 Å². The highest BCUT2D eigenvalue weighted by Crippen LogP contribution is 2.27. The minimum absolute atomic E-state index is 0.0477. The van der Waals surface area contributed by atoms with E-state index < -0.39 is 0 Å². The van der Waals surface area contributed by atoms with Crippen molar-refractivity contribution in [3.63, 3.8) is 0 Å². The lowest BCUT2D eigenvalue weighted by molar-refractivity contribution is 0.0991. The topological polar surface area (TPSA) is 26.3 Å². The number of rotatable bonds is 4. The summed E-state index contributed by atoms with van der Waals surface area (Å²) in [5.74, 6) is 0.796. The van der Waals surface area contributed by atoms with Crippen LogP contribution in [-0.2, 0) is 0 Å². The first-order valence-electron chi connectivity index (χ1n) is 6.00. The molecule has 0 heterocycles. The van der Waals surface area contributed by atoms with Crippen LogP contribution in [0.25, 0.3) is 0 Å². The minimum atomic E-state index is -0.318. The molecule has 0 saturated carbocycles. The van der Waals surface area contributed by atoms with Gasteiger partial charge in [-0.2, -0.15) is 0 Å².